The predicted octanol–water partition coefficient (Wildman–Crippen LogP) is -1.55. The average molecular weight is 332 g/mol. The molecule has 0 bridgehead atoms. The Morgan fingerprint density at radius 2 is 2.09 bits per heavy atom. The van der Waals surface area contributed by atoms with Crippen LogP contribution in [0.3, 0.4) is 0 Å². The monoisotopic (exact) mass is 332 g/mol. The maximum Gasteiger partial charge on any atom is 0.365 e. The van der Waals surface area contributed by atoms with Gasteiger partial charge in [0.05, 0.1) is 6.54 Å². The molecule has 0 amide bonds. The molecule has 0 saturated carbocycles. The van der Waals surface area contributed by atoms with E-state index in [1.165, 1.54) is 13.1 Å². The second kappa shape index (κ2) is 7.20. The Balaban J connectivity index is 2.69. The molecule has 22 heavy (non-hydrogen) atoms. The molecule has 1 heterocycles. The minimum absolute atomic E-state index is 0.104. The molecule has 10 nitrogen and oxygen atoms in total. The first-order valence-corrected chi connectivity index (χ1v) is 7.47. The summed E-state index contributed by atoms with van der Waals surface area (Å²) in [4.78, 5) is 52.7. The number of nitrogens with one attached hydrogen (secondary N) is 1. The lowest BCUT2D eigenvalue weighted by Gasteiger charge is -2.12. The van der Waals surface area contributed by atoms with Gasteiger partial charge in [0.2, 0.25) is 0 Å². The Morgan fingerprint density at radius 3 is 2.64 bits per heavy atom. The van der Waals surface area contributed by atoms with Crippen molar-refractivity contribution in [2.75, 3.05) is 6.61 Å². The number of aryl methyl sites for hydroxylation is 1. The lowest BCUT2D eigenvalue weighted by molar-refractivity contribution is -0.145. The zero-order valence-corrected chi connectivity index (χ0v) is 12.2. The highest BCUT2D eigenvalue weighted by Gasteiger charge is 2.36. The summed E-state index contributed by atoms with van der Waals surface area (Å²) in [5.41, 5.74) is -0.863. The molecule has 11 heteroatoms. The number of aromatic nitrogens is 2. The fraction of sp³-hybridized carbons (Fsp3) is 0.364. The van der Waals surface area contributed by atoms with Crippen molar-refractivity contribution < 1.29 is 29.0 Å². The topological polar surface area (TPSA) is 159 Å². The van der Waals surface area contributed by atoms with E-state index in [9.17, 15) is 18.9 Å². The average Bonchev–Trinajstić information content (AvgIpc) is 2.37. The molecule has 1 aromatic heterocycles. The molecule has 0 fully saturated rings. The molecule has 0 spiro atoms. The second-order valence-corrected chi connectivity index (χ2v) is 5.79. The quantitative estimate of drug-likeness (QED) is 0.373. The SMILES string of the molecule is Cc1cn(CC#CCOC(C(=O)O)P(=O)(O)O)c(=O)[nH]c1=O. The van der Waals surface area contributed by atoms with Crippen molar-refractivity contribution in [2.24, 2.45) is 0 Å². The van der Waals surface area contributed by atoms with E-state index in [4.69, 9.17) is 14.9 Å². The number of nitrogens with zero attached hydrogens (tertiary/aromatic N) is 1. The smallest absolute Gasteiger partial charge is 0.365 e. The molecule has 1 unspecified atom stereocenters. The number of carboxylic acids is 1. The van der Waals surface area contributed by atoms with Crippen molar-refractivity contribution in [3.8, 4) is 11.8 Å². The minimum atomic E-state index is -4.94. The molecule has 0 aliphatic heterocycles. The van der Waals surface area contributed by atoms with E-state index < -0.39 is 37.3 Å². The van der Waals surface area contributed by atoms with Gasteiger partial charge in [-0.15, -0.1) is 0 Å². The van der Waals surface area contributed by atoms with Gasteiger partial charge in [-0.2, -0.15) is 0 Å². The van der Waals surface area contributed by atoms with Gasteiger partial charge >= 0.3 is 19.3 Å². The first-order chi connectivity index (χ1) is 10.1. The number of hydrogen-bond donors (Lipinski definition) is 4. The van der Waals surface area contributed by atoms with Crippen molar-refractivity contribution in [1.82, 2.24) is 9.55 Å². The van der Waals surface area contributed by atoms with Gasteiger partial charge < -0.3 is 19.6 Å². The molecule has 0 saturated heterocycles. The van der Waals surface area contributed by atoms with Crippen LogP contribution in [0.15, 0.2) is 15.8 Å². The van der Waals surface area contributed by atoms with Crippen LogP contribution in [0.2, 0.25) is 0 Å². The Hall–Kier alpha value is -2.18. The summed E-state index contributed by atoms with van der Waals surface area (Å²) in [7, 11) is -4.94. The fourth-order valence-corrected chi connectivity index (χ4v) is 1.92. The van der Waals surface area contributed by atoms with Crippen molar-refractivity contribution in [1.29, 1.82) is 0 Å². The summed E-state index contributed by atoms with van der Waals surface area (Å²) in [6, 6.07) is 0. The summed E-state index contributed by atoms with van der Waals surface area (Å²) in [5.74, 6) is 0.682. The van der Waals surface area contributed by atoms with E-state index in [0.29, 0.717) is 5.56 Å². The van der Waals surface area contributed by atoms with Gasteiger partial charge in [0, 0.05) is 11.8 Å². The molecule has 0 radical (unpaired) electrons. The van der Waals surface area contributed by atoms with Crippen molar-refractivity contribution in [3.05, 3.63) is 32.6 Å². The molecule has 0 aromatic carbocycles. The molecule has 0 aliphatic rings. The Labute approximate surface area is 123 Å². The number of ether oxygens (including phenoxy) is 1. The normalized spacial score (nSPS) is 12.3. The maximum absolute atomic E-state index is 11.4. The van der Waals surface area contributed by atoms with Crippen LogP contribution < -0.4 is 11.2 Å². The van der Waals surface area contributed by atoms with Crippen molar-refractivity contribution >= 4 is 13.6 Å². The number of hydrogen-bond acceptors (Lipinski definition) is 5. The summed E-state index contributed by atoms with van der Waals surface area (Å²) in [5, 5.41) is 8.59. The van der Waals surface area contributed by atoms with Crippen LogP contribution in [0.5, 0.6) is 0 Å². The largest absolute Gasteiger partial charge is 0.479 e. The minimum Gasteiger partial charge on any atom is -0.479 e. The first kappa shape index (κ1) is 17.9. The van der Waals surface area contributed by atoms with E-state index in [1.54, 1.807) is 0 Å². The highest BCUT2D eigenvalue weighted by Crippen LogP contribution is 2.41. The molecule has 120 valence electrons. The van der Waals surface area contributed by atoms with Crippen LogP contribution in [-0.4, -0.2) is 42.9 Å². The zero-order valence-electron chi connectivity index (χ0n) is 11.3. The third kappa shape index (κ3) is 4.98. The summed E-state index contributed by atoms with van der Waals surface area (Å²) >= 11 is 0. The molecule has 4 N–H and O–H groups in total. The van der Waals surface area contributed by atoms with Crippen molar-refractivity contribution in [3.63, 3.8) is 0 Å². The van der Waals surface area contributed by atoms with Crippen LogP contribution in [0.4, 0.5) is 0 Å². The first-order valence-electron chi connectivity index (χ1n) is 5.78. The molecule has 1 atom stereocenters. The van der Waals surface area contributed by atoms with E-state index >= 15 is 0 Å². The molecular formula is C11H13N2O8P. The second-order valence-electron chi connectivity index (χ2n) is 4.14. The van der Waals surface area contributed by atoms with Crippen LogP contribution >= 0.6 is 7.60 Å². The third-order valence-electron chi connectivity index (χ3n) is 2.39. The number of carbonyl (C=O) groups is 1. The summed E-state index contributed by atoms with van der Waals surface area (Å²) < 4.78 is 16.4. The highest BCUT2D eigenvalue weighted by molar-refractivity contribution is 7.53. The van der Waals surface area contributed by atoms with Gasteiger partial charge in [-0.25, -0.2) is 9.59 Å². The van der Waals surface area contributed by atoms with Gasteiger partial charge in [-0.05, 0) is 6.92 Å². The molecule has 0 aliphatic carbocycles. The van der Waals surface area contributed by atoms with Crippen LogP contribution in [0.25, 0.3) is 0 Å². The third-order valence-corrected chi connectivity index (χ3v) is 3.37. The lowest BCUT2D eigenvalue weighted by atomic mass is 10.4. The summed E-state index contributed by atoms with van der Waals surface area (Å²) in [6.45, 7) is 0.857. The number of rotatable bonds is 5. The van der Waals surface area contributed by atoms with Crippen LogP contribution in [0, 0.1) is 18.8 Å². The lowest BCUT2D eigenvalue weighted by Crippen LogP contribution is -2.30. The van der Waals surface area contributed by atoms with Gasteiger partial charge in [0.25, 0.3) is 11.4 Å². The van der Waals surface area contributed by atoms with Crippen LogP contribution in [-0.2, 0) is 20.6 Å². The fourth-order valence-electron chi connectivity index (χ4n) is 1.36. The van der Waals surface area contributed by atoms with E-state index in [-0.39, 0.29) is 6.54 Å². The number of carboxylic acid groups (broad SMARTS) is 1. The van der Waals surface area contributed by atoms with Crippen molar-refractivity contribution in [2.45, 2.75) is 19.3 Å². The molecule has 1 rings (SSSR count). The van der Waals surface area contributed by atoms with Crippen LogP contribution in [0.1, 0.15) is 5.56 Å². The zero-order chi connectivity index (χ0) is 16.9. The number of aromatic amines is 1. The molecule has 1 aromatic rings. The van der Waals surface area contributed by atoms with Gasteiger partial charge in [-0.1, -0.05) is 11.8 Å². The molecular weight excluding hydrogens is 319 g/mol. The van der Waals surface area contributed by atoms with E-state index in [2.05, 4.69) is 21.6 Å². The Morgan fingerprint density at radius 1 is 1.45 bits per heavy atom. The Kier molecular flexibility index (Phi) is 5.84. The van der Waals surface area contributed by atoms with Gasteiger partial charge in [0.15, 0.2) is 0 Å². The summed E-state index contributed by atoms with van der Waals surface area (Å²) in [6.07, 6.45) is 1.30. The standard InChI is InChI=1S/C11H13N2O8P/c1-7-6-13(11(17)12-8(7)14)4-2-3-5-21-10(9(15)16)22(18,19)20/h6,10H,4-5H2,1H3,(H,15,16)(H,12,14,17)(H2,18,19,20). The highest BCUT2D eigenvalue weighted by atomic mass is 31.2. The van der Waals surface area contributed by atoms with E-state index in [0.717, 1.165) is 4.57 Å². The van der Waals surface area contributed by atoms with Gasteiger partial charge in [0.1, 0.15) is 6.61 Å². The number of aliphatic carboxylic acids is 1. The predicted molar refractivity (Wildman–Crippen MR) is 73.3 cm³/mol. The van der Waals surface area contributed by atoms with E-state index in [1.807, 2.05) is 0 Å². The maximum atomic E-state index is 11.4. The number of H-pyrrole nitrogens is 1. The Bertz CT molecular complexity index is 778. The van der Waals surface area contributed by atoms with Gasteiger partial charge in [-0.3, -0.25) is 18.9 Å².